The number of ether oxygens (including phenoxy) is 2. The van der Waals surface area contributed by atoms with Crippen molar-refractivity contribution in [1.29, 1.82) is 0 Å². The van der Waals surface area contributed by atoms with E-state index in [1.54, 1.807) is 12.1 Å². The number of hydrogen-bond donors (Lipinski definition) is 2. The van der Waals surface area contributed by atoms with Gasteiger partial charge in [0.15, 0.2) is 6.29 Å². The van der Waals surface area contributed by atoms with Crippen molar-refractivity contribution in [3.05, 3.63) is 33.8 Å². The summed E-state index contributed by atoms with van der Waals surface area (Å²) in [7, 11) is 0. The van der Waals surface area contributed by atoms with Gasteiger partial charge in [0.05, 0.1) is 16.7 Å². The Morgan fingerprint density at radius 3 is 2.74 bits per heavy atom. The second-order valence-electron chi connectivity index (χ2n) is 6.04. The van der Waals surface area contributed by atoms with Crippen LogP contribution in [0.1, 0.15) is 37.7 Å². The third-order valence-corrected chi connectivity index (χ3v) is 5.21. The van der Waals surface area contributed by atoms with Crippen molar-refractivity contribution in [2.75, 3.05) is 26.4 Å². The second kappa shape index (κ2) is 9.21. The van der Waals surface area contributed by atoms with Gasteiger partial charge >= 0.3 is 0 Å². The van der Waals surface area contributed by atoms with Crippen molar-refractivity contribution < 1.29 is 14.6 Å². The molecule has 1 aromatic rings. The maximum atomic E-state index is 9.92. The summed E-state index contributed by atoms with van der Waals surface area (Å²) in [6.07, 6.45) is 4.63. The number of nitrogens with two attached hydrogens (primary N) is 1. The van der Waals surface area contributed by atoms with E-state index < -0.39 is 5.41 Å². The molecule has 0 aromatic heterocycles. The van der Waals surface area contributed by atoms with Gasteiger partial charge in [0.1, 0.15) is 0 Å². The second-order valence-corrected chi connectivity index (χ2v) is 6.86. The number of aliphatic hydroxyl groups excluding tert-OH is 1. The van der Waals surface area contributed by atoms with E-state index in [1.807, 2.05) is 6.07 Å². The lowest BCUT2D eigenvalue weighted by molar-refractivity contribution is -0.163. The number of aliphatic hydroxyl groups is 1. The molecular weight excluding hydrogens is 337 g/mol. The van der Waals surface area contributed by atoms with E-state index in [4.69, 9.17) is 38.4 Å². The van der Waals surface area contributed by atoms with E-state index in [0.717, 1.165) is 37.9 Å². The maximum absolute atomic E-state index is 9.92. The van der Waals surface area contributed by atoms with Gasteiger partial charge < -0.3 is 20.3 Å². The highest BCUT2D eigenvalue weighted by atomic mass is 35.5. The van der Waals surface area contributed by atoms with Crippen LogP contribution in [0.4, 0.5) is 0 Å². The predicted octanol–water partition coefficient (Wildman–Crippen LogP) is 3.51. The molecule has 1 fully saturated rings. The number of benzene rings is 1. The van der Waals surface area contributed by atoms with E-state index in [2.05, 4.69) is 0 Å². The van der Waals surface area contributed by atoms with Gasteiger partial charge in [-0.15, -0.1) is 0 Å². The summed E-state index contributed by atoms with van der Waals surface area (Å²) in [6, 6.07) is 5.41. The molecule has 0 aliphatic carbocycles. The molecule has 4 nitrogen and oxygen atoms in total. The summed E-state index contributed by atoms with van der Waals surface area (Å²) in [5.74, 6) is 0. The molecule has 1 heterocycles. The largest absolute Gasteiger partial charge is 0.395 e. The Morgan fingerprint density at radius 2 is 2.13 bits per heavy atom. The first-order chi connectivity index (χ1) is 11.1. The summed E-state index contributed by atoms with van der Waals surface area (Å²) < 4.78 is 11.3. The van der Waals surface area contributed by atoms with Crippen LogP contribution in [0.2, 0.25) is 10.0 Å². The van der Waals surface area contributed by atoms with Crippen LogP contribution in [0.3, 0.4) is 0 Å². The minimum atomic E-state index is -0.523. The number of hydrogen-bond acceptors (Lipinski definition) is 4. The number of rotatable bonds is 8. The molecule has 1 aliphatic heterocycles. The van der Waals surface area contributed by atoms with Gasteiger partial charge in [-0.05, 0) is 49.8 Å². The monoisotopic (exact) mass is 361 g/mol. The van der Waals surface area contributed by atoms with Crippen LogP contribution in [0, 0.1) is 0 Å². The van der Waals surface area contributed by atoms with Crippen molar-refractivity contribution in [2.45, 2.75) is 43.8 Å². The van der Waals surface area contributed by atoms with Crippen LogP contribution >= 0.6 is 23.2 Å². The van der Waals surface area contributed by atoms with E-state index in [1.165, 1.54) is 0 Å². The fourth-order valence-electron chi connectivity index (χ4n) is 2.89. The summed E-state index contributed by atoms with van der Waals surface area (Å²) in [4.78, 5) is 0. The highest BCUT2D eigenvalue weighted by molar-refractivity contribution is 6.42. The highest BCUT2D eigenvalue weighted by Gasteiger charge is 2.30. The molecule has 23 heavy (non-hydrogen) atoms. The summed E-state index contributed by atoms with van der Waals surface area (Å²) in [5.41, 5.74) is 6.35. The Labute approximate surface area is 147 Å². The fraction of sp³-hybridized carbons (Fsp3) is 0.647. The van der Waals surface area contributed by atoms with Gasteiger partial charge in [0.2, 0.25) is 0 Å². The zero-order chi connectivity index (χ0) is 16.7. The van der Waals surface area contributed by atoms with Gasteiger partial charge in [-0.1, -0.05) is 29.3 Å². The summed E-state index contributed by atoms with van der Waals surface area (Å²) >= 11 is 12.1. The molecule has 2 unspecified atom stereocenters. The lowest BCUT2D eigenvalue weighted by Gasteiger charge is -2.32. The first kappa shape index (κ1) is 19.0. The van der Waals surface area contributed by atoms with Gasteiger partial charge in [-0.2, -0.15) is 0 Å². The van der Waals surface area contributed by atoms with Gasteiger partial charge in [0, 0.05) is 25.2 Å². The number of halogens is 2. The molecular formula is C17H25Cl2NO3. The average molecular weight is 362 g/mol. The normalized spacial score (nSPS) is 21.1. The third kappa shape index (κ3) is 5.05. The Hall–Kier alpha value is -0.360. The Morgan fingerprint density at radius 1 is 1.30 bits per heavy atom. The zero-order valence-electron chi connectivity index (χ0n) is 13.3. The van der Waals surface area contributed by atoms with Crippen LogP contribution < -0.4 is 5.73 Å². The Kier molecular flexibility index (Phi) is 7.60. The van der Waals surface area contributed by atoms with Crippen LogP contribution in [0.15, 0.2) is 18.2 Å². The Bertz CT molecular complexity index is 489. The quantitative estimate of drug-likeness (QED) is 0.695. The summed E-state index contributed by atoms with van der Waals surface area (Å²) in [6.45, 7) is 1.66. The van der Waals surface area contributed by atoms with E-state index >= 15 is 0 Å². The molecule has 0 spiro atoms. The van der Waals surface area contributed by atoms with E-state index in [-0.39, 0.29) is 12.9 Å². The maximum Gasteiger partial charge on any atom is 0.157 e. The van der Waals surface area contributed by atoms with Gasteiger partial charge in [0.25, 0.3) is 0 Å². The molecule has 1 aliphatic rings. The smallest absolute Gasteiger partial charge is 0.157 e. The first-order valence-corrected chi connectivity index (χ1v) is 8.86. The van der Waals surface area contributed by atoms with Gasteiger partial charge in [-0.25, -0.2) is 0 Å². The molecule has 3 N–H and O–H groups in total. The molecule has 2 rings (SSSR count). The lowest BCUT2D eigenvalue weighted by Crippen LogP contribution is -2.39. The molecule has 1 saturated heterocycles. The third-order valence-electron chi connectivity index (χ3n) is 4.47. The summed E-state index contributed by atoms with van der Waals surface area (Å²) in [5, 5.41) is 10.9. The van der Waals surface area contributed by atoms with Crippen molar-refractivity contribution in [1.82, 2.24) is 0 Å². The Balaban J connectivity index is 1.92. The molecule has 0 bridgehead atoms. The molecule has 1 aromatic carbocycles. The highest BCUT2D eigenvalue weighted by Crippen LogP contribution is 2.33. The van der Waals surface area contributed by atoms with Crippen LogP contribution in [-0.2, 0) is 14.9 Å². The topological polar surface area (TPSA) is 64.7 Å². The SMILES string of the molecule is NCC(CO)(CCCOC1CCCCO1)c1ccc(Cl)c(Cl)c1. The molecule has 130 valence electrons. The fourth-order valence-corrected chi connectivity index (χ4v) is 3.19. The van der Waals surface area contributed by atoms with E-state index in [9.17, 15) is 5.11 Å². The van der Waals surface area contributed by atoms with Crippen molar-refractivity contribution in [3.63, 3.8) is 0 Å². The molecule has 2 atom stereocenters. The van der Waals surface area contributed by atoms with Crippen LogP contribution in [0.25, 0.3) is 0 Å². The van der Waals surface area contributed by atoms with Crippen molar-refractivity contribution in [2.24, 2.45) is 5.73 Å². The first-order valence-electron chi connectivity index (χ1n) is 8.11. The van der Waals surface area contributed by atoms with Crippen molar-refractivity contribution in [3.8, 4) is 0 Å². The average Bonchev–Trinajstić information content (AvgIpc) is 2.59. The van der Waals surface area contributed by atoms with Crippen LogP contribution in [-0.4, -0.2) is 37.8 Å². The standard InChI is InChI=1S/C17H25Cl2NO3/c18-14-6-5-13(10-15(14)19)17(11-20,12-21)7-3-9-23-16-4-1-2-8-22-16/h5-6,10,16,21H,1-4,7-9,11-12,20H2. The van der Waals surface area contributed by atoms with Crippen LogP contribution in [0.5, 0.6) is 0 Å². The van der Waals surface area contributed by atoms with E-state index in [0.29, 0.717) is 29.6 Å². The predicted molar refractivity (Wildman–Crippen MR) is 93.1 cm³/mol. The van der Waals surface area contributed by atoms with Gasteiger partial charge in [-0.3, -0.25) is 0 Å². The zero-order valence-corrected chi connectivity index (χ0v) is 14.8. The lowest BCUT2D eigenvalue weighted by atomic mass is 9.77. The van der Waals surface area contributed by atoms with Crippen molar-refractivity contribution >= 4 is 23.2 Å². The minimum Gasteiger partial charge on any atom is -0.395 e. The molecule has 0 amide bonds. The molecule has 0 radical (unpaired) electrons. The minimum absolute atomic E-state index is 0.0403. The molecule has 0 saturated carbocycles. The molecule has 6 heteroatoms.